The summed E-state index contributed by atoms with van der Waals surface area (Å²) in [5, 5.41) is 7.57. The number of carbonyl (C=O) groups is 1. The Labute approximate surface area is 169 Å². The highest BCUT2D eigenvalue weighted by Gasteiger charge is 2.31. The first-order chi connectivity index (χ1) is 13.9. The van der Waals surface area contributed by atoms with Gasteiger partial charge < -0.3 is 5.32 Å². The van der Waals surface area contributed by atoms with Crippen LogP contribution < -0.4 is 5.32 Å². The molecule has 1 amide bonds. The molecule has 0 radical (unpaired) electrons. The van der Waals surface area contributed by atoms with Gasteiger partial charge in [-0.15, -0.1) is 0 Å². The van der Waals surface area contributed by atoms with E-state index in [4.69, 9.17) is 0 Å². The van der Waals surface area contributed by atoms with Crippen molar-refractivity contribution in [3.63, 3.8) is 0 Å². The van der Waals surface area contributed by atoms with E-state index in [0.717, 1.165) is 36.2 Å². The zero-order valence-electron chi connectivity index (χ0n) is 16.4. The molecule has 2 aliphatic rings. The molecule has 0 atom stereocenters. The van der Waals surface area contributed by atoms with E-state index in [-0.39, 0.29) is 23.5 Å². The van der Waals surface area contributed by atoms with Crippen LogP contribution in [0.4, 0.5) is 4.39 Å². The van der Waals surface area contributed by atoms with Crippen molar-refractivity contribution in [3.8, 4) is 5.69 Å². The Bertz CT molecular complexity index is 1010. The van der Waals surface area contributed by atoms with Crippen LogP contribution in [0.1, 0.15) is 47.9 Å². The molecule has 2 heterocycles. The first-order valence-corrected chi connectivity index (χ1v) is 11.7. The molecule has 9 heteroatoms. The van der Waals surface area contributed by atoms with Gasteiger partial charge >= 0.3 is 0 Å². The van der Waals surface area contributed by atoms with Crippen molar-refractivity contribution in [1.82, 2.24) is 19.4 Å². The summed E-state index contributed by atoms with van der Waals surface area (Å²) in [6.07, 6.45) is 3.77. The predicted octanol–water partition coefficient (Wildman–Crippen LogP) is 2.04. The minimum atomic E-state index is -3.19. The number of rotatable bonds is 5. The van der Waals surface area contributed by atoms with Crippen LogP contribution >= 0.6 is 0 Å². The number of sulfonamides is 1. The summed E-state index contributed by atoms with van der Waals surface area (Å²) in [5.41, 5.74) is 3.12. The molecule has 0 spiro atoms. The summed E-state index contributed by atoms with van der Waals surface area (Å²) in [5.74, 6) is -0.440. The van der Waals surface area contributed by atoms with Gasteiger partial charge in [0.15, 0.2) is 5.69 Å². The molecule has 1 aromatic carbocycles. The van der Waals surface area contributed by atoms with Gasteiger partial charge in [0.25, 0.3) is 5.91 Å². The molecule has 7 nitrogen and oxygen atoms in total. The second kappa shape index (κ2) is 7.87. The number of piperidine rings is 1. The van der Waals surface area contributed by atoms with Gasteiger partial charge in [-0.3, -0.25) is 4.79 Å². The van der Waals surface area contributed by atoms with Crippen molar-refractivity contribution in [3.05, 3.63) is 47.0 Å². The Morgan fingerprint density at radius 3 is 2.55 bits per heavy atom. The van der Waals surface area contributed by atoms with Gasteiger partial charge in [0.05, 0.1) is 11.4 Å². The van der Waals surface area contributed by atoms with Gasteiger partial charge in [-0.25, -0.2) is 21.8 Å². The Hall–Kier alpha value is -2.26. The van der Waals surface area contributed by atoms with E-state index in [1.165, 1.54) is 16.4 Å². The summed E-state index contributed by atoms with van der Waals surface area (Å²) in [7, 11) is -3.19. The normalized spacial score (nSPS) is 18.0. The lowest BCUT2D eigenvalue weighted by Crippen LogP contribution is -2.47. The van der Waals surface area contributed by atoms with Gasteiger partial charge in [-0.2, -0.15) is 5.10 Å². The van der Waals surface area contributed by atoms with Crippen molar-refractivity contribution in [1.29, 1.82) is 0 Å². The number of halogens is 1. The van der Waals surface area contributed by atoms with Gasteiger partial charge in [0.1, 0.15) is 5.82 Å². The molecule has 0 bridgehead atoms. The van der Waals surface area contributed by atoms with Crippen molar-refractivity contribution in [2.24, 2.45) is 0 Å². The van der Waals surface area contributed by atoms with Crippen molar-refractivity contribution in [2.75, 3.05) is 18.8 Å². The highest BCUT2D eigenvalue weighted by Crippen LogP contribution is 2.28. The maximum Gasteiger partial charge on any atom is 0.272 e. The van der Waals surface area contributed by atoms with Gasteiger partial charge in [-0.05, 0) is 63.3 Å². The van der Waals surface area contributed by atoms with Crippen molar-refractivity contribution >= 4 is 15.9 Å². The third kappa shape index (κ3) is 3.93. The number of hydrogen-bond acceptors (Lipinski definition) is 4. The Morgan fingerprint density at radius 2 is 1.90 bits per heavy atom. The van der Waals surface area contributed by atoms with E-state index in [9.17, 15) is 17.6 Å². The molecule has 1 saturated heterocycles. The molecule has 1 aromatic heterocycles. The Kier molecular flexibility index (Phi) is 5.44. The standard InChI is InChI=1S/C20H25FN4O3S/c1-2-29(27,28)24-12-10-15(11-13-24)22-20(26)19-17-4-3-5-18(17)25(23-19)16-8-6-14(21)7-9-16/h6-9,15H,2-5,10-13H2,1H3,(H,22,26). The van der Waals surface area contributed by atoms with Crippen LogP contribution in [-0.4, -0.2) is 53.3 Å². The molecule has 1 N–H and O–H groups in total. The highest BCUT2D eigenvalue weighted by atomic mass is 32.2. The van der Waals surface area contributed by atoms with Gasteiger partial charge in [0.2, 0.25) is 10.0 Å². The predicted molar refractivity (Wildman–Crippen MR) is 107 cm³/mol. The molecule has 1 aliphatic carbocycles. The first-order valence-electron chi connectivity index (χ1n) is 10.0. The van der Waals surface area contributed by atoms with E-state index in [0.29, 0.717) is 31.6 Å². The maximum atomic E-state index is 13.3. The second-order valence-electron chi connectivity index (χ2n) is 7.56. The largest absolute Gasteiger partial charge is 0.348 e. The highest BCUT2D eigenvalue weighted by molar-refractivity contribution is 7.89. The number of nitrogens with zero attached hydrogens (tertiary/aromatic N) is 3. The molecule has 0 saturated carbocycles. The molecule has 156 valence electrons. The fourth-order valence-electron chi connectivity index (χ4n) is 4.13. The SMILES string of the molecule is CCS(=O)(=O)N1CCC(NC(=O)c2nn(-c3ccc(F)cc3)c3c2CCC3)CC1. The lowest BCUT2D eigenvalue weighted by Gasteiger charge is -2.31. The monoisotopic (exact) mass is 420 g/mol. The van der Waals surface area contributed by atoms with E-state index in [1.807, 2.05) is 0 Å². The fourth-order valence-corrected chi connectivity index (χ4v) is 5.26. The van der Waals surface area contributed by atoms with Crippen LogP contribution in [0.25, 0.3) is 5.69 Å². The van der Waals surface area contributed by atoms with Crippen LogP contribution in [0.15, 0.2) is 24.3 Å². The molecule has 29 heavy (non-hydrogen) atoms. The summed E-state index contributed by atoms with van der Waals surface area (Å²) >= 11 is 0. The van der Waals surface area contributed by atoms with Crippen LogP contribution in [0.2, 0.25) is 0 Å². The smallest absolute Gasteiger partial charge is 0.272 e. The van der Waals surface area contributed by atoms with Crippen LogP contribution in [0.5, 0.6) is 0 Å². The number of amides is 1. The minimum Gasteiger partial charge on any atom is -0.348 e. The number of hydrogen-bond donors (Lipinski definition) is 1. The lowest BCUT2D eigenvalue weighted by molar-refractivity contribution is 0.0917. The molecule has 2 aromatic rings. The summed E-state index contributed by atoms with van der Waals surface area (Å²) in [6.45, 7) is 2.48. The van der Waals surface area contributed by atoms with Gasteiger partial charge in [-0.1, -0.05) is 0 Å². The molecular weight excluding hydrogens is 395 g/mol. The lowest BCUT2D eigenvalue weighted by atomic mass is 10.1. The average Bonchev–Trinajstić information content (AvgIpc) is 3.32. The number of carbonyl (C=O) groups excluding carboxylic acids is 1. The second-order valence-corrected chi connectivity index (χ2v) is 9.82. The minimum absolute atomic E-state index is 0.0705. The summed E-state index contributed by atoms with van der Waals surface area (Å²) in [4.78, 5) is 12.9. The van der Waals surface area contributed by atoms with Crippen LogP contribution in [0, 0.1) is 5.82 Å². The summed E-state index contributed by atoms with van der Waals surface area (Å²) in [6, 6.07) is 6.02. The van der Waals surface area contributed by atoms with Crippen LogP contribution in [-0.2, 0) is 22.9 Å². The quantitative estimate of drug-likeness (QED) is 0.802. The van der Waals surface area contributed by atoms with Crippen molar-refractivity contribution < 1.29 is 17.6 Å². The first kappa shape index (κ1) is 20.0. The van der Waals surface area contributed by atoms with Crippen LogP contribution in [0.3, 0.4) is 0 Å². The topological polar surface area (TPSA) is 84.3 Å². The molecule has 0 unspecified atom stereocenters. The van der Waals surface area contributed by atoms with Gasteiger partial charge in [0, 0.05) is 30.4 Å². The third-order valence-corrected chi connectivity index (χ3v) is 7.65. The average molecular weight is 421 g/mol. The Morgan fingerprint density at radius 1 is 1.21 bits per heavy atom. The zero-order chi connectivity index (χ0) is 20.6. The third-order valence-electron chi connectivity index (χ3n) is 5.76. The zero-order valence-corrected chi connectivity index (χ0v) is 17.2. The summed E-state index contributed by atoms with van der Waals surface area (Å²) < 4.78 is 40.5. The van der Waals surface area contributed by atoms with E-state index >= 15 is 0 Å². The number of benzene rings is 1. The maximum absolute atomic E-state index is 13.3. The number of aromatic nitrogens is 2. The van der Waals surface area contributed by atoms with Crippen molar-refractivity contribution in [2.45, 2.75) is 45.1 Å². The molecular formula is C20H25FN4O3S. The molecule has 1 aliphatic heterocycles. The Balaban J connectivity index is 1.49. The fraction of sp³-hybridized carbons (Fsp3) is 0.500. The van der Waals surface area contributed by atoms with E-state index < -0.39 is 10.0 Å². The van der Waals surface area contributed by atoms with E-state index in [2.05, 4.69) is 10.4 Å². The molecule has 1 fully saturated rings. The van der Waals surface area contributed by atoms with E-state index in [1.54, 1.807) is 23.7 Å². The molecule has 4 rings (SSSR count). The number of fused-ring (bicyclic) bond motifs is 1. The number of nitrogens with one attached hydrogen (secondary N) is 1.